The van der Waals surface area contributed by atoms with Crippen molar-refractivity contribution in [1.29, 1.82) is 0 Å². The number of fused-ring (bicyclic) bond motifs is 1. The van der Waals surface area contributed by atoms with E-state index in [1.54, 1.807) is 0 Å². The van der Waals surface area contributed by atoms with Gasteiger partial charge in [-0.25, -0.2) is 9.37 Å². The summed E-state index contributed by atoms with van der Waals surface area (Å²) >= 11 is 0. The van der Waals surface area contributed by atoms with E-state index in [0.717, 1.165) is 0 Å². The van der Waals surface area contributed by atoms with Crippen molar-refractivity contribution in [2.75, 3.05) is 7.11 Å². The Morgan fingerprint density at radius 2 is 2.12 bits per heavy atom. The molecule has 2 rings (SSSR count). The molecule has 1 aromatic carbocycles. The number of ether oxygens (including phenoxy) is 1. The second-order valence-electron chi connectivity index (χ2n) is 3.27. The van der Waals surface area contributed by atoms with Gasteiger partial charge < -0.3 is 4.74 Å². The Hall–Kier alpha value is -2.04. The number of nitrogens with zero attached hydrogens (tertiary/aromatic N) is 2. The van der Waals surface area contributed by atoms with Crippen LogP contribution >= 0.6 is 0 Å². The Bertz CT molecular complexity index is 569. The number of Topliss-reactive ketones (excluding diaryl/α,β-unsaturated/α-hetero) is 1. The number of carbonyl (C=O) groups is 1. The van der Waals surface area contributed by atoms with E-state index in [1.165, 1.54) is 32.2 Å². The van der Waals surface area contributed by atoms with Crippen molar-refractivity contribution in [3.63, 3.8) is 0 Å². The van der Waals surface area contributed by atoms with Crippen molar-refractivity contribution < 1.29 is 13.9 Å². The van der Waals surface area contributed by atoms with Gasteiger partial charge in [0.2, 0.25) is 5.88 Å². The molecule has 0 saturated heterocycles. The van der Waals surface area contributed by atoms with E-state index in [0.29, 0.717) is 10.9 Å². The smallest absolute Gasteiger partial charge is 0.224 e. The predicted octanol–water partition coefficient (Wildman–Crippen LogP) is 1.98. The van der Waals surface area contributed by atoms with Gasteiger partial charge in [0.1, 0.15) is 5.82 Å². The molecule has 0 radical (unpaired) electrons. The summed E-state index contributed by atoms with van der Waals surface area (Å²) in [5.41, 5.74) is 0.485. The van der Waals surface area contributed by atoms with Crippen LogP contribution in [0.4, 0.5) is 4.39 Å². The summed E-state index contributed by atoms with van der Waals surface area (Å²) in [4.78, 5) is 19.1. The van der Waals surface area contributed by atoms with Crippen LogP contribution in [0.2, 0.25) is 0 Å². The van der Waals surface area contributed by atoms with Crippen molar-refractivity contribution in [3.8, 4) is 5.88 Å². The number of carbonyl (C=O) groups excluding carboxylic acids is 1. The Morgan fingerprint density at radius 1 is 1.38 bits per heavy atom. The van der Waals surface area contributed by atoms with Crippen LogP contribution in [0.1, 0.15) is 17.5 Å². The van der Waals surface area contributed by atoms with Crippen LogP contribution in [0.15, 0.2) is 18.2 Å². The van der Waals surface area contributed by atoms with Gasteiger partial charge in [-0.1, -0.05) is 0 Å². The molecule has 0 amide bonds. The molecule has 1 aromatic heterocycles. The number of rotatable bonds is 2. The molecule has 0 N–H and O–H groups in total. The number of methoxy groups -OCH3 is 1. The van der Waals surface area contributed by atoms with Crippen LogP contribution in [0, 0.1) is 5.82 Å². The van der Waals surface area contributed by atoms with Gasteiger partial charge in [-0.3, -0.25) is 4.79 Å². The van der Waals surface area contributed by atoms with E-state index in [2.05, 4.69) is 9.97 Å². The number of hydrogen-bond acceptors (Lipinski definition) is 4. The molecule has 4 nitrogen and oxygen atoms in total. The lowest BCUT2D eigenvalue weighted by molar-refractivity contribution is 0.100. The molecule has 0 saturated carbocycles. The lowest BCUT2D eigenvalue weighted by Gasteiger charge is -2.05. The van der Waals surface area contributed by atoms with Crippen LogP contribution in [0.5, 0.6) is 5.88 Å². The summed E-state index contributed by atoms with van der Waals surface area (Å²) < 4.78 is 18.0. The minimum absolute atomic E-state index is 0.0657. The quantitative estimate of drug-likeness (QED) is 0.726. The third-order valence-corrected chi connectivity index (χ3v) is 2.13. The highest BCUT2D eigenvalue weighted by Gasteiger charge is 2.11. The van der Waals surface area contributed by atoms with E-state index in [9.17, 15) is 9.18 Å². The van der Waals surface area contributed by atoms with E-state index in [4.69, 9.17) is 4.74 Å². The highest BCUT2D eigenvalue weighted by Crippen LogP contribution is 2.23. The molecule has 0 aliphatic rings. The molecule has 16 heavy (non-hydrogen) atoms. The van der Waals surface area contributed by atoms with E-state index < -0.39 is 5.82 Å². The van der Waals surface area contributed by atoms with Gasteiger partial charge in [0, 0.05) is 6.92 Å². The maximum atomic E-state index is 13.0. The standard InChI is InChI=1S/C11H9FN2O2/c1-6(15)10-13-9-4-3-7(12)5-8(9)11(14-10)16-2/h3-5H,1-2H3. The molecule has 0 spiro atoms. The fourth-order valence-electron chi connectivity index (χ4n) is 1.39. The number of benzene rings is 1. The summed E-state index contributed by atoms with van der Waals surface area (Å²) in [7, 11) is 1.41. The van der Waals surface area contributed by atoms with E-state index in [1.807, 2.05) is 0 Å². The highest BCUT2D eigenvalue weighted by atomic mass is 19.1. The fourth-order valence-corrected chi connectivity index (χ4v) is 1.39. The van der Waals surface area contributed by atoms with Crippen LogP contribution in [-0.4, -0.2) is 22.9 Å². The van der Waals surface area contributed by atoms with Crippen LogP contribution < -0.4 is 4.74 Å². The molecule has 0 bridgehead atoms. The van der Waals surface area contributed by atoms with E-state index >= 15 is 0 Å². The van der Waals surface area contributed by atoms with Crippen molar-refractivity contribution in [2.45, 2.75) is 6.92 Å². The molecule has 2 aromatic rings. The normalized spacial score (nSPS) is 10.4. The van der Waals surface area contributed by atoms with Gasteiger partial charge in [-0.05, 0) is 18.2 Å². The molecular weight excluding hydrogens is 211 g/mol. The third kappa shape index (κ3) is 1.71. The Kier molecular flexibility index (Phi) is 2.52. The van der Waals surface area contributed by atoms with Gasteiger partial charge in [-0.15, -0.1) is 0 Å². The van der Waals surface area contributed by atoms with Crippen molar-refractivity contribution in [1.82, 2.24) is 9.97 Å². The summed E-state index contributed by atoms with van der Waals surface area (Å²) in [6.07, 6.45) is 0. The fraction of sp³-hybridized carbons (Fsp3) is 0.182. The third-order valence-electron chi connectivity index (χ3n) is 2.13. The Balaban J connectivity index is 2.78. The summed E-state index contributed by atoms with van der Waals surface area (Å²) in [5, 5.41) is 0.451. The topological polar surface area (TPSA) is 52.1 Å². The average Bonchev–Trinajstić information content (AvgIpc) is 2.27. The Labute approximate surface area is 91.1 Å². The lowest BCUT2D eigenvalue weighted by Crippen LogP contribution is -2.03. The highest BCUT2D eigenvalue weighted by molar-refractivity contribution is 5.94. The zero-order valence-electron chi connectivity index (χ0n) is 8.82. The molecule has 1 heterocycles. The number of hydrogen-bond donors (Lipinski definition) is 0. The van der Waals surface area contributed by atoms with Crippen molar-refractivity contribution in [3.05, 3.63) is 29.8 Å². The zero-order chi connectivity index (χ0) is 11.7. The summed E-state index contributed by atoms with van der Waals surface area (Å²) in [6.45, 7) is 1.37. The monoisotopic (exact) mass is 220 g/mol. The molecule has 82 valence electrons. The second-order valence-corrected chi connectivity index (χ2v) is 3.27. The lowest BCUT2D eigenvalue weighted by atomic mass is 10.2. The molecule has 0 aliphatic carbocycles. The van der Waals surface area contributed by atoms with Crippen molar-refractivity contribution >= 4 is 16.7 Å². The van der Waals surface area contributed by atoms with Crippen molar-refractivity contribution in [2.24, 2.45) is 0 Å². The van der Waals surface area contributed by atoms with Crippen LogP contribution in [0.3, 0.4) is 0 Å². The summed E-state index contributed by atoms with van der Waals surface area (Å²) in [5.74, 6) is -0.389. The van der Waals surface area contributed by atoms with Gasteiger partial charge >= 0.3 is 0 Å². The number of ketones is 1. The SMILES string of the molecule is COc1nc(C(C)=O)nc2ccc(F)cc12. The van der Waals surface area contributed by atoms with Gasteiger partial charge in [0.05, 0.1) is 18.0 Å². The van der Waals surface area contributed by atoms with Gasteiger partial charge in [0.25, 0.3) is 0 Å². The van der Waals surface area contributed by atoms with E-state index in [-0.39, 0.29) is 17.5 Å². The van der Waals surface area contributed by atoms with Crippen LogP contribution in [-0.2, 0) is 0 Å². The van der Waals surface area contributed by atoms with Gasteiger partial charge in [0.15, 0.2) is 11.6 Å². The average molecular weight is 220 g/mol. The zero-order valence-corrected chi connectivity index (χ0v) is 8.82. The Morgan fingerprint density at radius 3 is 2.75 bits per heavy atom. The maximum Gasteiger partial charge on any atom is 0.224 e. The first kappa shape index (κ1) is 10.5. The minimum atomic E-state index is -0.398. The molecule has 0 atom stereocenters. The molecule has 0 fully saturated rings. The molecular formula is C11H9FN2O2. The first-order valence-electron chi connectivity index (χ1n) is 4.64. The largest absolute Gasteiger partial charge is 0.480 e. The maximum absolute atomic E-state index is 13.0. The second kappa shape index (κ2) is 3.84. The number of aromatic nitrogens is 2. The predicted molar refractivity (Wildman–Crippen MR) is 56.1 cm³/mol. The van der Waals surface area contributed by atoms with Crippen LogP contribution in [0.25, 0.3) is 10.9 Å². The minimum Gasteiger partial charge on any atom is -0.480 e. The molecule has 5 heteroatoms. The van der Waals surface area contributed by atoms with Gasteiger partial charge in [-0.2, -0.15) is 4.98 Å². The first-order valence-corrected chi connectivity index (χ1v) is 4.64. The first-order chi connectivity index (χ1) is 7.61. The number of halogens is 1. The summed E-state index contributed by atoms with van der Waals surface area (Å²) in [6, 6.07) is 4.04. The molecule has 0 aliphatic heterocycles. The molecule has 0 unspecified atom stereocenters.